The Morgan fingerprint density at radius 1 is 1.22 bits per heavy atom. The lowest BCUT2D eigenvalue weighted by molar-refractivity contribution is -0.150. The van der Waals surface area contributed by atoms with E-state index in [9.17, 15) is 19.6 Å². The molecular weight excluding hydrogens is 494 g/mol. The number of carbonyl (C=O) groups is 3. The number of amides is 2. The van der Waals surface area contributed by atoms with Crippen molar-refractivity contribution in [3.05, 3.63) is 80.8 Å². The van der Waals surface area contributed by atoms with Crippen LogP contribution in [0.4, 0.5) is 0 Å². The van der Waals surface area contributed by atoms with E-state index in [1.165, 1.54) is 7.11 Å². The summed E-state index contributed by atoms with van der Waals surface area (Å²) in [7, 11) is 1.20. The van der Waals surface area contributed by atoms with Crippen molar-refractivity contribution in [1.82, 2.24) is 10.6 Å². The van der Waals surface area contributed by atoms with E-state index in [1.54, 1.807) is 18.2 Å². The van der Waals surface area contributed by atoms with E-state index < -0.39 is 23.7 Å². The number of nitriles is 1. The van der Waals surface area contributed by atoms with Gasteiger partial charge in [-0.1, -0.05) is 70.2 Å². The van der Waals surface area contributed by atoms with E-state index in [-0.39, 0.29) is 22.3 Å². The number of nitrogens with one attached hydrogen (secondary N) is 2. The number of hydrogen-bond acceptors (Lipinski definition) is 6. The second-order valence-electron chi connectivity index (χ2n) is 6.93. The van der Waals surface area contributed by atoms with Gasteiger partial charge in [-0.3, -0.25) is 14.4 Å². The molecule has 0 saturated heterocycles. The highest BCUT2D eigenvalue weighted by molar-refractivity contribution is 9.10. The Morgan fingerprint density at radius 3 is 2.62 bits per heavy atom. The minimum Gasteiger partial charge on any atom is -0.468 e. The first kappa shape index (κ1) is 23.6. The number of nitrogens with zero attached hydrogens (tertiary/aromatic N) is 1. The standard InChI is InChI=1S/C23H20BrN3O4S/c1-31-23(30)20-19(15-8-5-9-16(24)10-15)17(11-25)22(27-21(20)29)32-13-18(28)26-12-14-6-3-2-4-7-14/h2-10,19-20H,12-13H2,1H3,(H,26,28)(H,27,29)/t19-,20+/m0/s1. The van der Waals surface area contributed by atoms with Crippen LogP contribution in [0, 0.1) is 17.2 Å². The molecule has 2 aromatic rings. The number of ether oxygens (including phenoxy) is 1. The van der Waals surface area contributed by atoms with E-state index in [0.717, 1.165) is 21.8 Å². The van der Waals surface area contributed by atoms with Crippen molar-refractivity contribution in [3.8, 4) is 6.07 Å². The van der Waals surface area contributed by atoms with Crippen molar-refractivity contribution < 1.29 is 19.1 Å². The Labute approximate surface area is 198 Å². The maximum Gasteiger partial charge on any atom is 0.319 e. The van der Waals surface area contributed by atoms with Gasteiger partial charge in [0.15, 0.2) is 0 Å². The molecule has 0 saturated carbocycles. The van der Waals surface area contributed by atoms with Crippen molar-refractivity contribution in [2.45, 2.75) is 12.5 Å². The predicted octanol–water partition coefficient (Wildman–Crippen LogP) is 3.24. The molecule has 1 heterocycles. The summed E-state index contributed by atoms with van der Waals surface area (Å²) >= 11 is 4.44. The molecule has 0 spiro atoms. The van der Waals surface area contributed by atoms with Gasteiger partial charge in [-0.25, -0.2) is 0 Å². The van der Waals surface area contributed by atoms with E-state index >= 15 is 0 Å². The summed E-state index contributed by atoms with van der Waals surface area (Å²) in [5.74, 6) is -3.58. The summed E-state index contributed by atoms with van der Waals surface area (Å²) in [5.41, 5.74) is 1.79. The average molecular weight is 514 g/mol. The molecular formula is C23H20BrN3O4S. The largest absolute Gasteiger partial charge is 0.468 e. The Hall–Kier alpha value is -3.09. The number of allylic oxidation sites excluding steroid dienone is 1. The molecule has 2 amide bonds. The average Bonchev–Trinajstić information content (AvgIpc) is 2.81. The van der Waals surface area contributed by atoms with Crippen LogP contribution in [0.1, 0.15) is 17.0 Å². The number of carbonyl (C=O) groups excluding carboxylic acids is 3. The van der Waals surface area contributed by atoms with Gasteiger partial charge in [0.05, 0.1) is 29.5 Å². The molecule has 0 unspecified atom stereocenters. The van der Waals surface area contributed by atoms with E-state index in [1.807, 2.05) is 36.4 Å². The minimum atomic E-state index is -1.21. The zero-order chi connectivity index (χ0) is 23.1. The third-order valence-corrected chi connectivity index (χ3v) is 6.38. The van der Waals surface area contributed by atoms with Crippen LogP contribution in [-0.4, -0.2) is 30.6 Å². The molecule has 1 aliphatic rings. The summed E-state index contributed by atoms with van der Waals surface area (Å²) in [6.45, 7) is 0.377. The van der Waals surface area contributed by atoms with E-state index in [0.29, 0.717) is 12.1 Å². The highest BCUT2D eigenvalue weighted by Gasteiger charge is 2.44. The lowest BCUT2D eigenvalue weighted by Crippen LogP contribution is -2.44. The normalized spacial score (nSPS) is 17.8. The van der Waals surface area contributed by atoms with Gasteiger partial charge in [0.2, 0.25) is 11.8 Å². The second kappa shape index (κ2) is 11.0. The molecule has 164 valence electrons. The molecule has 7 nitrogen and oxygen atoms in total. The van der Waals surface area contributed by atoms with E-state index in [4.69, 9.17) is 4.74 Å². The first-order valence-electron chi connectivity index (χ1n) is 9.66. The van der Waals surface area contributed by atoms with Gasteiger partial charge in [-0.15, -0.1) is 0 Å². The fourth-order valence-corrected chi connectivity index (χ4v) is 4.66. The van der Waals surface area contributed by atoms with Crippen LogP contribution in [0.5, 0.6) is 0 Å². The lowest BCUT2D eigenvalue weighted by Gasteiger charge is -2.31. The number of methoxy groups -OCH3 is 1. The molecule has 0 aliphatic carbocycles. The molecule has 9 heteroatoms. The molecule has 0 bridgehead atoms. The third-order valence-electron chi connectivity index (χ3n) is 4.87. The molecule has 0 radical (unpaired) electrons. The van der Waals surface area contributed by atoms with Gasteiger partial charge in [0, 0.05) is 16.9 Å². The second-order valence-corrected chi connectivity index (χ2v) is 8.83. The summed E-state index contributed by atoms with van der Waals surface area (Å²) in [5, 5.41) is 15.6. The molecule has 3 rings (SSSR count). The Kier molecular flexibility index (Phi) is 8.09. The van der Waals surface area contributed by atoms with Crippen LogP contribution in [0.25, 0.3) is 0 Å². The van der Waals surface area contributed by atoms with Crippen LogP contribution in [0.2, 0.25) is 0 Å². The summed E-state index contributed by atoms with van der Waals surface area (Å²) < 4.78 is 5.57. The topological polar surface area (TPSA) is 108 Å². The van der Waals surface area contributed by atoms with Crippen LogP contribution in [0.15, 0.2) is 69.7 Å². The third kappa shape index (κ3) is 5.58. The van der Waals surface area contributed by atoms with Crippen molar-refractivity contribution >= 4 is 45.5 Å². The fourth-order valence-electron chi connectivity index (χ4n) is 3.36. The zero-order valence-corrected chi connectivity index (χ0v) is 19.5. The Balaban J connectivity index is 1.83. The van der Waals surface area contributed by atoms with Crippen LogP contribution < -0.4 is 10.6 Å². The van der Waals surface area contributed by atoms with Gasteiger partial charge >= 0.3 is 5.97 Å². The SMILES string of the molecule is COC(=O)[C@H]1C(=O)NC(SCC(=O)NCc2ccccc2)=C(C#N)[C@@H]1c1cccc(Br)c1. The first-order valence-corrected chi connectivity index (χ1v) is 11.4. The molecule has 1 aliphatic heterocycles. The Morgan fingerprint density at radius 2 is 1.97 bits per heavy atom. The molecule has 32 heavy (non-hydrogen) atoms. The quantitative estimate of drug-likeness (QED) is 0.434. The van der Waals surface area contributed by atoms with Gasteiger partial charge in [0.1, 0.15) is 5.92 Å². The summed E-state index contributed by atoms with van der Waals surface area (Å²) in [6, 6.07) is 18.7. The lowest BCUT2D eigenvalue weighted by atomic mass is 9.78. The summed E-state index contributed by atoms with van der Waals surface area (Å²) in [4.78, 5) is 37.5. The van der Waals surface area contributed by atoms with Gasteiger partial charge in [-0.2, -0.15) is 5.26 Å². The van der Waals surface area contributed by atoms with Crippen molar-refractivity contribution in [2.24, 2.45) is 5.92 Å². The van der Waals surface area contributed by atoms with Crippen molar-refractivity contribution in [1.29, 1.82) is 5.26 Å². The van der Waals surface area contributed by atoms with Crippen LogP contribution in [-0.2, 0) is 25.7 Å². The first-order chi connectivity index (χ1) is 15.4. The molecule has 0 aromatic heterocycles. The highest BCUT2D eigenvalue weighted by atomic mass is 79.9. The Bertz CT molecular complexity index is 1100. The fraction of sp³-hybridized carbons (Fsp3) is 0.217. The highest BCUT2D eigenvalue weighted by Crippen LogP contribution is 2.40. The summed E-state index contributed by atoms with van der Waals surface area (Å²) in [6.07, 6.45) is 0. The number of hydrogen-bond donors (Lipinski definition) is 2. The number of thioether (sulfide) groups is 1. The van der Waals surface area contributed by atoms with Gasteiger partial charge in [0.25, 0.3) is 0 Å². The monoisotopic (exact) mass is 513 g/mol. The molecule has 2 aromatic carbocycles. The van der Waals surface area contributed by atoms with E-state index in [2.05, 4.69) is 32.6 Å². The van der Waals surface area contributed by atoms with Gasteiger partial charge < -0.3 is 15.4 Å². The maximum absolute atomic E-state index is 12.8. The minimum absolute atomic E-state index is 0.00171. The van der Waals surface area contributed by atoms with Crippen LogP contribution in [0.3, 0.4) is 0 Å². The maximum atomic E-state index is 12.8. The number of halogens is 1. The van der Waals surface area contributed by atoms with Crippen LogP contribution >= 0.6 is 27.7 Å². The number of benzene rings is 2. The van der Waals surface area contributed by atoms with Gasteiger partial charge in [-0.05, 0) is 23.3 Å². The number of esters is 1. The number of rotatable bonds is 7. The molecule has 2 atom stereocenters. The van der Waals surface area contributed by atoms with Crippen molar-refractivity contribution in [2.75, 3.05) is 12.9 Å². The van der Waals surface area contributed by atoms with Crippen molar-refractivity contribution in [3.63, 3.8) is 0 Å². The molecule has 2 N–H and O–H groups in total. The molecule has 0 fully saturated rings. The zero-order valence-electron chi connectivity index (χ0n) is 17.1. The smallest absolute Gasteiger partial charge is 0.319 e. The predicted molar refractivity (Wildman–Crippen MR) is 124 cm³/mol.